The second-order valence-electron chi connectivity index (χ2n) is 9.57. The Balaban J connectivity index is 1.39. The minimum Gasteiger partial charge on any atom is -0.506 e. The molecule has 1 saturated heterocycles. The topological polar surface area (TPSA) is 68.2 Å². The predicted octanol–water partition coefficient (Wildman–Crippen LogP) is 4.70. The SMILES string of the molecule is COC1C=CC(/C=C/C(=O)c2ccc3c(c2O)C=CC(C)(C)O3)=CC1OCCCN1CCCC1. The first-order valence-corrected chi connectivity index (χ1v) is 12.1. The van der Waals surface area contributed by atoms with Crippen LogP contribution in [-0.4, -0.2) is 66.9 Å². The average Bonchev–Trinajstić information content (AvgIpc) is 3.33. The van der Waals surface area contributed by atoms with Crippen LogP contribution in [0, 0.1) is 0 Å². The maximum Gasteiger partial charge on any atom is 0.189 e. The van der Waals surface area contributed by atoms with Gasteiger partial charge >= 0.3 is 0 Å². The Kier molecular flexibility index (Phi) is 7.71. The molecule has 0 amide bonds. The molecule has 0 saturated carbocycles. The minimum absolute atomic E-state index is 0.0641. The molecule has 0 spiro atoms. The first-order valence-electron chi connectivity index (χ1n) is 12.1. The zero-order valence-electron chi connectivity index (χ0n) is 20.3. The van der Waals surface area contributed by atoms with E-state index in [1.165, 1.54) is 32.0 Å². The molecule has 0 bridgehead atoms. The van der Waals surface area contributed by atoms with Gasteiger partial charge in [-0.3, -0.25) is 4.79 Å². The van der Waals surface area contributed by atoms with E-state index in [1.807, 2.05) is 38.2 Å². The number of carbonyl (C=O) groups is 1. The van der Waals surface area contributed by atoms with Crippen molar-refractivity contribution in [3.63, 3.8) is 0 Å². The third kappa shape index (κ3) is 5.87. The number of ether oxygens (including phenoxy) is 3. The number of ketones is 1. The monoisotopic (exact) mass is 465 g/mol. The second kappa shape index (κ2) is 10.7. The molecule has 1 N–H and O–H groups in total. The van der Waals surface area contributed by atoms with Gasteiger partial charge in [-0.05, 0) is 88.2 Å². The lowest BCUT2D eigenvalue weighted by atomic mass is 9.97. The van der Waals surface area contributed by atoms with Crippen molar-refractivity contribution in [3.05, 3.63) is 65.3 Å². The van der Waals surface area contributed by atoms with Crippen LogP contribution < -0.4 is 4.74 Å². The lowest BCUT2D eigenvalue weighted by molar-refractivity contribution is -0.0132. The molecule has 2 heterocycles. The highest BCUT2D eigenvalue weighted by Gasteiger charge is 2.26. The number of fused-ring (bicyclic) bond motifs is 1. The number of hydrogen-bond donors (Lipinski definition) is 1. The van der Waals surface area contributed by atoms with Crippen LogP contribution in [0.3, 0.4) is 0 Å². The molecule has 182 valence electrons. The fourth-order valence-corrected chi connectivity index (χ4v) is 4.54. The number of aromatic hydroxyl groups is 1. The number of allylic oxidation sites excluding steroid dienone is 4. The van der Waals surface area contributed by atoms with Crippen molar-refractivity contribution in [1.29, 1.82) is 0 Å². The fraction of sp³-hybridized carbons (Fsp3) is 0.464. The first-order chi connectivity index (χ1) is 16.4. The summed E-state index contributed by atoms with van der Waals surface area (Å²) >= 11 is 0. The normalized spacial score (nSPS) is 23.7. The van der Waals surface area contributed by atoms with Gasteiger partial charge in [-0.1, -0.05) is 18.2 Å². The largest absolute Gasteiger partial charge is 0.506 e. The molecule has 2 aliphatic heterocycles. The van der Waals surface area contributed by atoms with Crippen LogP contribution >= 0.6 is 0 Å². The summed E-state index contributed by atoms with van der Waals surface area (Å²) in [7, 11) is 1.67. The number of phenolic OH excluding ortho intramolecular Hbond substituents is 1. The first kappa shape index (κ1) is 24.5. The van der Waals surface area contributed by atoms with E-state index in [4.69, 9.17) is 14.2 Å². The van der Waals surface area contributed by atoms with Gasteiger partial charge in [0.05, 0.1) is 11.1 Å². The fourth-order valence-electron chi connectivity index (χ4n) is 4.54. The molecular weight excluding hydrogens is 430 g/mol. The summed E-state index contributed by atoms with van der Waals surface area (Å²) in [6, 6.07) is 3.34. The molecule has 1 aromatic rings. The van der Waals surface area contributed by atoms with Gasteiger partial charge in [0.25, 0.3) is 0 Å². The van der Waals surface area contributed by atoms with E-state index < -0.39 is 5.60 Å². The summed E-state index contributed by atoms with van der Waals surface area (Å²) in [4.78, 5) is 15.3. The summed E-state index contributed by atoms with van der Waals surface area (Å²) in [6.07, 6.45) is 16.0. The summed E-state index contributed by atoms with van der Waals surface area (Å²) in [5, 5.41) is 10.7. The molecule has 1 aliphatic carbocycles. The van der Waals surface area contributed by atoms with Crippen LogP contribution in [0.2, 0.25) is 0 Å². The number of hydrogen-bond acceptors (Lipinski definition) is 6. The van der Waals surface area contributed by atoms with Crippen molar-refractivity contribution < 1.29 is 24.1 Å². The zero-order chi connectivity index (χ0) is 24.1. The predicted molar refractivity (Wildman–Crippen MR) is 133 cm³/mol. The van der Waals surface area contributed by atoms with Crippen LogP contribution in [0.4, 0.5) is 0 Å². The highest BCUT2D eigenvalue weighted by Crippen LogP contribution is 2.38. The van der Waals surface area contributed by atoms with E-state index in [0.29, 0.717) is 17.9 Å². The molecule has 34 heavy (non-hydrogen) atoms. The summed E-state index contributed by atoms with van der Waals surface area (Å²) in [5.41, 5.74) is 1.19. The number of likely N-dealkylation sites (tertiary alicyclic amines) is 1. The van der Waals surface area contributed by atoms with E-state index >= 15 is 0 Å². The van der Waals surface area contributed by atoms with Gasteiger partial charge in [-0.15, -0.1) is 0 Å². The van der Waals surface area contributed by atoms with E-state index in [0.717, 1.165) is 18.5 Å². The van der Waals surface area contributed by atoms with E-state index in [-0.39, 0.29) is 29.3 Å². The van der Waals surface area contributed by atoms with Crippen LogP contribution in [-0.2, 0) is 9.47 Å². The number of rotatable bonds is 9. The molecule has 3 aliphatic rings. The third-order valence-electron chi connectivity index (χ3n) is 6.45. The molecular formula is C28H35NO5. The number of benzene rings is 1. The number of nitrogens with zero attached hydrogens (tertiary/aromatic N) is 1. The molecule has 6 heteroatoms. The van der Waals surface area contributed by atoms with Gasteiger partial charge in [-0.25, -0.2) is 0 Å². The molecule has 1 fully saturated rings. The van der Waals surface area contributed by atoms with Gasteiger partial charge in [0.1, 0.15) is 29.3 Å². The van der Waals surface area contributed by atoms with Crippen LogP contribution in [0.5, 0.6) is 11.5 Å². The number of phenols is 1. The maximum absolute atomic E-state index is 12.8. The molecule has 6 nitrogen and oxygen atoms in total. The third-order valence-corrected chi connectivity index (χ3v) is 6.45. The molecule has 4 rings (SSSR count). The van der Waals surface area contributed by atoms with Gasteiger partial charge < -0.3 is 24.2 Å². The van der Waals surface area contributed by atoms with E-state index in [1.54, 1.807) is 31.4 Å². The molecule has 0 radical (unpaired) electrons. The Morgan fingerprint density at radius 1 is 1.24 bits per heavy atom. The Hall–Kier alpha value is -2.67. The van der Waals surface area contributed by atoms with Gasteiger partial charge in [-0.2, -0.15) is 0 Å². The summed E-state index contributed by atoms with van der Waals surface area (Å²) in [6.45, 7) is 7.99. The molecule has 2 atom stereocenters. The van der Waals surface area contributed by atoms with Crippen LogP contribution in [0.15, 0.2) is 54.2 Å². The number of carbonyl (C=O) groups excluding carboxylic acids is 1. The lowest BCUT2D eigenvalue weighted by Gasteiger charge is -2.28. The summed E-state index contributed by atoms with van der Waals surface area (Å²) in [5.74, 6) is 0.231. The minimum atomic E-state index is -0.447. The molecule has 0 aromatic heterocycles. The van der Waals surface area contributed by atoms with Gasteiger partial charge in [0.2, 0.25) is 0 Å². The highest BCUT2D eigenvalue weighted by atomic mass is 16.5. The Morgan fingerprint density at radius 2 is 2.03 bits per heavy atom. The van der Waals surface area contributed by atoms with Crippen LogP contribution in [0.1, 0.15) is 49.0 Å². The van der Waals surface area contributed by atoms with E-state index in [2.05, 4.69) is 4.90 Å². The van der Waals surface area contributed by atoms with Crippen molar-refractivity contribution in [2.75, 3.05) is 33.4 Å². The van der Waals surface area contributed by atoms with Crippen molar-refractivity contribution in [2.24, 2.45) is 0 Å². The quantitative estimate of drug-likeness (QED) is 0.324. The van der Waals surface area contributed by atoms with E-state index in [9.17, 15) is 9.90 Å². The average molecular weight is 466 g/mol. The van der Waals surface area contributed by atoms with Gasteiger partial charge in [0, 0.05) is 20.3 Å². The Morgan fingerprint density at radius 3 is 2.79 bits per heavy atom. The van der Waals surface area contributed by atoms with Crippen molar-refractivity contribution in [1.82, 2.24) is 4.90 Å². The highest BCUT2D eigenvalue weighted by molar-refractivity contribution is 6.07. The maximum atomic E-state index is 12.8. The van der Waals surface area contributed by atoms with Crippen LogP contribution in [0.25, 0.3) is 6.08 Å². The van der Waals surface area contributed by atoms with Gasteiger partial charge in [0.15, 0.2) is 5.78 Å². The Bertz CT molecular complexity index is 1010. The summed E-state index contributed by atoms with van der Waals surface area (Å²) < 4.78 is 17.5. The zero-order valence-corrected chi connectivity index (χ0v) is 20.3. The van der Waals surface area contributed by atoms with Crippen molar-refractivity contribution >= 4 is 11.9 Å². The lowest BCUT2D eigenvalue weighted by Crippen LogP contribution is -2.31. The molecule has 1 aromatic carbocycles. The second-order valence-corrected chi connectivity index (χ2v) is 9.57. The number of methoxy groups -OCH3 is 1. The Labute approximate surface area is 202 Å². The van der Waals surface area contributed by atoms with Crippen molar-refractivity contribution in [3.8, 4) is 11.5 Å². The molecule has 2 unspecified atom stereocenters. The van der Waals surface area contributed by atoms with Crippen molar-refractivity contribution in [2.45, 2.75) is 50.9 Å². The smallest absolute Gasteiger partial charge is 0.189 e. The standard InChI is InChI=1S/C28H35NO5/c1-28(2)14-13-22-24(34-28)12-9-21(27(22)31)23(30)10-7-20-8-11-25(32-3)26(19-20)33-18-6-17-29-15-4-5-16-29/h7-14,19,25-26,31H,4-6,15-18H2,1-3H3/b10-7+.